The molecule has 0 aromatic heterocycles. The van der Waals surface area contributed by atoms with E-state index in [0.717, 1.165) is 17.7 Å². The molecule has 0 heterocycles. The summed E-state index contributed by atoms with van der Waals surface area (Å²) in [5.41, 5.74) is 1.74. The first-order chi connectivity index (χ1) is 12.7. The van der Waals surface area contributed by atoms with Crippen LogP contribution in [0.5, 0.6) is 5.75 Å². The van der Waals surface area contributed by atoms with Gasteiger partial charge in [0.25, 0.3) is 0 Å². The number of rotatable bonds is 8. The van der Waals surface area contributed by atoms with Gasteiger partial charge in [0.05, 0.1) is 6.61 Å². The molecule has 0 aliphatic heterocycles. The molecule has 0 aliphatic carbocycles. The lowest BCUT2D eigenvalue weighted by Crippen LogP contribution is -2.42. The third kappa shape index (κ3) is 9.72. The summed E-state index contributed by atoms with van der Waals surface area (Å²) < 4.78 is 11.0. The Bertz CT molecular complexity index is 624. The largest absolute Gasteiger partial charge is 0.493 e. The summed E-state index contributed by atoms with van der Waals surface area (Å²) in [5, 5.41) is 9.13. The van der Waals surface area contributed by atoms with E-state index in [1.807, 2.05) is 33.8 Å². The molecule has 7 nitrogen and oxygen atoms in total. The van der Waals surface area contributed by atoms with E-state index in [0.29, 0.717) is 32.2 Å². The number of aryl methyl sites for hydroxylation is 1. The second-order valence-corrected chi connectivity index (χ2v) is 7.24. The van der Waals surface area contributed by atoms with Crippen molar-refractivity contribution in [3.05, 3.63) is 29.3 Å². The highest BCUT2D eigenvalue weighted by Gasteiger charge is 2.15. The number of carbonyl (C=O) groups excluding carboxylic acids is 1. The van der Waals surface area contributed by atoms with Gasteiger partial charge in [0.1, 0.15) is 11.4 Å². The average Bonchev–Trinajstić information content (AvgIpc) is 2.59. The van der Waals surface area contributed by atoms with Crippen molar-refractivity contribution in [2.75, 3.05) is 26.7 Å². The Hall–Kier alpha value is -2.44. The third-order valence-electron chi connectivity index (χ3n) is 3.44. The van der Waals surface area contributed by atoms with Crippen LogP contribution in [0.1, 0.15) is 45.2 Å². The highest BCUT2D eigenvalue weighted by Crippen LogP contribution is 2.20. The normalized spacial score (nSPS) is 11.7. The smallest absolute Gasteiger partial charge is 0.407 e. The highest BCUT2D eigenvalue weighted by atomic mass is 16.6. The molecular weight excluding hydrogens is 344 g/mol. The molecule has 0 fully saturated rings. The monoisotopic (exact) mass is 378 g/mol. The van der Waals surface area contributed by atoms with Crippen molar-refractivity contribution in [3.8, 4) is 5.75 Å². The Morgan fingerprint density at radius 1 is 1.15 bits per heavy atom. The number of nitrogens with zero attached hydrogens (tertiary/aromatic N) is 1. The van der Waals surface area contributed by atoms with Crippen LogP contribution in [0.3, 0.4) is 0 Å². The summed E-state index contributed by atoms with van der Waals surface area (Å²) in [6.45, 7) is 11.9. The van der Waals surface area contributed by atoms with E-state index in [4.69, 9.17) is 9.47 Å². The van der Waals surface area contributed by atoms with Crippen LogP contribution in [-0.2, 0) is 11.3 Å². The number of guanidine groups is 1. The van der Waals surface area contributed by atoms with Gasteiger partial charge < -0.3 is 25.4 Å². The summed E-state index contributed by atoms with van der Waals surface area (Å²) in [5.74, 6) is 1.55. The SMILES string of the molecule is CCCOc1cc(C)ccc1CNC(=NC)NCCNC(=O)OC(C)(C)C. The second kappa shape index (κ2) is 11.3. The molecule has 0 unspecified atom stereocenters. The van der Waals surface area contributed by atoms with Crippen molar-refractivity contribution < 1.29 is 14.3 Å². The van der Waals surface area contributed by atoms with Gasteiger partial charge in [-0.25, -0.2) is 4.79 Å². The van der Waals surface area contributed by atoms with Crippen molar-refractivity contribution >= 4 is 12.1 Å². The average molecular weight is 379 g/mol. The van der Waals surface area contributed by atoms with Crippen LogP contribution >= 0.6 is 0 Å². The summed E-state index contributed by atoms with van der Waals surface area (Å²) >= 11 is 0. The van der Waals surface area contributed by atoms with Crippen molar-refractivity contribution in [2.24, 2.45) is 4.99 Å². The van der Waals surface area contributed by atoms with Gasteiger partial charge in [-0.2, -0.15) is 0 Å². The number of alkyl carbamates (subject to hydrolysis) is 1. The Balaban J connectivity index is 2.43. The first kappa shape index (κ1) is 22.6. The van der Waals surface area contributed by atoms with Gasteiger partial charge in [0.15, 0.2) is 5.96 Å². The van der Waals surface area contributed by atoms with Gasteiger partial charge in [-0.3, -0.25) is 4.99 Å². The Kier molecular flexibility index (Phi) is 9.47. The molecule has 27 heavy (non-hydrogen) atoms. The molecule has 0 radical (unpaired) electrons. The number of carbonyl (C=O) groups is 1. The topological polar surface area (TPSA) is 84.0 Å². The van der Waals surface area contributed by atoms with Crippen LogP contribution in [0.4, 0.5) is 4.79 Å². The Morgan fingerprint density at radius 3 is 2.48 bits per heavy atom. The van der Waals surface area contributed by atoms with Crippen LogP contribution in [0, 0.1) is 6.92 Å². The van der Waals surface area contributed by atoms with Crippen LogP contribution in [-0.4, -0.2) is 44.4 Å². The quantitative estimate of drug-likeness (QED) is 0.368. The van der Waals surface area contributed by atoms with Gasteiger partial charge in [0, 0.05) is 32.2 Å². The lowest BCUT2D eigenvalue weighted by atomic mass is 10.1. The summed E-state index contributed by atoms with van der Waals surface area (Å²) in [4.78, 5) is 15.8. The summed E-state index contributed by atoms with van der Waals surface area (Å²) in [7, 11) is 1.71. The first-order valence-electron chi connectivity index (χ1n) is 9.39. The standard InChI is InChI=1S/C20H34N4O3/c1-7-12-26-17-13-15(2)8-9-16(17)14-24-18(21-6)22-10-11-23-19(25)27-20(3,4)5/h8-9,13H,7,10-12,14H2,1-6H3,(H,23,25)(H2,21,22,24). The summed E-state index contributed by atoms with van der Waals surface area (Å²) in [6.07, 6.45) is 0.541. The van der Waals surface area contributed by atoms with E-state index < -0.39 is 11.7 Å². The highest BCUT2D eigenvalue weighted by molar-refractivity contribution is 5.79. The maximum Gasteiger partial charge on any atom is 0.407 e. The van der Waals surface area contributed by atoms with Crippen molar-refractivity contribution in [1.82, 2.24) is 16.0 Å². The van der Waals surface area contributed by atoms with Crippen molar-refractivity contribution in [1.29, 1.82) is 0 Å². The molecule has 3 N–H and O–H groups in total. The van der Waals surface area contributed by atoms with E-state index in [2.05, 4.69) is 40.0 Å². The van der Waals surface area contributed by atoms with Crippen LogP contribution in [0.15, 0.2) is 23.2 Å². The molecule has 0 aliphatic rings. The van der Waals surface area contributed by atoms with E-state index >= 15 is 0 Å². The van der Waals surface area contributed by atoms with E-state index in [-0.39, 0.29) is 0 Å². The number of amides is 1. The maximum absolute atomic E-state index is 11.6. The third-order valence-corrected chi connectivity index (χ3v) is 3.44. The van der Waals surface area contributed by atoms with Crippen molar-refractivity contribution in [3.63, 3.8) is 0 Å². The Morgan fingerprint density at radius 2 is 1.85 bits per heavy atom. The van der Waals surface area contributed by atoms with E-state index in [9.17, 15) is 4.79 Å². The number of aliphatic imine (C=N–C) groups is 1. The van der Waals surface area contributed by atoms with Crippen molar-refractivity contribution in [2.45, 2.75) is 53.2 Å². The number of ether oxygens (including phenoxy) is 2. The maximum atomic E-state index is 11.6. The predicted molar refractivity (Wildman–Crippen MR) is 109 cm³/mol. The molecule has 0 saturated heterocycles. The molecule has 0 spiro atoms. The second-order valence-electron chi connectivity index (χ2n) is 7.24. The first-order valence-corrected chi connectivity index (χ1v) is 9.39. The molecule has 1 aromatic carbocycles. The zero-order valence-corrected chi connectivity index (χ0v) is 17.4. The fraction of sp³-hybridized carbons (Fsp3) is 0.600. The molecule has 1 rings (SSSR count). The molecule has 152 valence electrons. The molecule has 7 heteroatoms. The number of nitrogens with one attached hydrogen (secondary N) is 3. The van der Waals surface area contributed by atoms with E-state index in [1.165, 1.54) is 5.56 Å². The summed E-state index contributed by atoms with van der Waals surface area (Å²) in [6, 6.07) is 6.18. The molecule has 0 bridgehead atoms. The molecule has 1 aromatic rings. The minimum absolute atomic E-state index is 0.426. The zero-order chi connectivity index (χ0) is 20.3. The van der Waals surface area contributed by atoms with Gasteiger partial charge in [0.2, 0.25) is 0 Å². The molecule has 0 saturated carbocycles. The molecular formula is C20H34N4O3. The molecule has 1 amide bonds. The lowest BCUT2D eigenvalue weighted by molar-refractivity contribution is 0.0529. The van der Waals surface area contributed by atoms with Crippen LogP contribution < -0.4 is 20.7 Å². The number of benzene rings is 1. The minimum Gasteiger partial charge on any atom is -0.493 e. The van der Waals surface area contributed by atoms with Gasteiger partial charge >= 0.3 is 6.09 Å². The van der Waals surface area contributed by atoms with Gasteiger partial charge in [-0.05, 0) is 45.7 Å². The number of hydrogen-bond donors (Lipinski definition) is 3. The fourth-order valence-electron chi connectivity index (χ4n) is 2.21. The predicted octanol–water partition coefficient (Wildman–Crippen LogP) is 2.97. The molecule has 0 atom stereocenters. The minimum atomic E-state index is -0.499. The fourth-order valence-corrected chi connectivity index (χ4v) is 2.21. The zero-order valence-electron chi connectivity index (χ0n) is 17.4. The number of hydrogen-bond acceptors (Lipinski definition) is 4. The van der Waals surface area contributed by atoms with Gasteiger partial charge in [-0.1, -0.05) is 19.1 Å². The van der Waals surface area contributed by atoms with E-state index in [1.54, 1.807) is 7.05 Å². The lowest BCUT2D eigenvalue weighted by Gasteiger charge is -2.20. The van der Waals surface area contributed by atoms with Gasteiger partial charge in [-0.15, -0.1) is 0 Å². The van der Waals surface area contributed by atoms with Crippen LogP contribution in [0.25, 0.3) is 0 Å². The van der Waals surface area contributed by atoms with Crippen LogP contribution in [0.2, 0.25) is 0 Å². The Labute approximate surface area is 162 Å².